The van der Waals surface area contributed by atoms with Crippen LogP contribution in [-0.4, -0.2) is 16.4 Å². The van der Waals surface area contributed by atoms with Gasteiger partial charge in [0.2, 0.25) is 0 Å². The van der Waals surface area contributed by atoms with Gasteiger partial charge in [0.1, 0.15) is 6.61 Å². The van der Waals surface area contributed by atoms with Gasteiger partial charge in [-0.1, -0.05) is 5.57 Å². The summed E-state index contributed by atoms with van der Waals surface area (Å²) in [5.74, 6) is 0.833. The van der Waals surface area contributed by atoms with Crippen LogP contribution in [-0.2, 0) is 6.54 Å². The normalized spacial score (nSPS) is 9.77. The SMILES string of the molecule is CCn1cc(OCC=C(C)C)cn1. The van der Waals surface area contributed by atoms with Gasteiger partial charge in [-0.15, -0.1) is 0 Å². The number of rotatable bonds is 4. The number of allylic oxidation sites excluding steroid dienone is 1. The Hall–Kier alpha value is -1.25. The van der Waals surface area contributed by atoms with E-state index in [2.05, 4.69) is 18.9 Å². The number of nitrogens with zero attached hydrogens (tertiary/aromatic N) is 2. The summed E-state index contributed by atoms with van der Waals surface area (Å²) in [5.41, 5.74) is 1.27. The largest absolute Gasteiger partial charge is 0.486 e. The molecule has 1 aromatic heterocycles. The van der Waals surface area contributed by atoms with E-state index >= 15 is 0 Å². The van der Waals surface area contributed by atoms with Crippen molar-refractivity contribution in [2.24, 2.45) is 0 Å². The Morgan fingerprint density at radius 3 is 2.92 bits per heavy atom. The number of aryl methyl sites for hydroxylation is 1. The molecule has 0 amide bonds. The molecule has 0 atom stereocenters. The maximum Gasteiger partial charge on any atom is 0.157 e. The smallest absolute Gasteiger partial charge is 0.157 e. The second-order valence-electron chi connectivity index (χ2n) is 3.12. The van der Waals surface area contributed by atoms with Gasteiger partial charge < -0.3 is 4.74 Å². The molecule has 0 aromatic carbocycles. The molecule has 1 aromatic rings. The van der Waals surface area contributed by atoms with E-state index in [4.69, 9.17) is 4.74 Å². The maximum absolute atomic E-state index is 5.44. The van der Waals surface area contributed by atoms with Crippen LogP contribution in [0.25, 0.3) is 0 Å². The molecule has 1 rings (SSSR count). The third kappa shape index (κ3) is 3.32. The fourth-order valence-electron chi connectivity index (χ4n) is 0.897. The van der Waals surface area contributed by atoms with Gasteiger partial charge in [0.05, 0.1) is 12.4 Å². The summed E-state index contributed by atoms with van der Waals surface area (Å²) in [6.07, 6.45) is 5.68. The lowest BCUT2D eigenvalue weighted by Crippen LogP contribution is -1.94. The summed E-state index contributed by atoms with van der Waals surface area (Å²) in [6, 6.07) is 0. The van der Waals surface area contributed by atoms with Crippen molar-refractivity contribution in [3.8, 4) is 5.75 Å². The molecule has 1 heterocycles. The number of hydrogen-bond acceptors (Lipinski definition) is 2. The van der Waals surface area contributed by atoms with Crippen molar-refractivity contribution in [3.63, 3.8) is 0 Å². The molecule has 0 fully saturated rings. The van der Waals surface area contributed by atoms with Gasteiger partial charge in [0.25, 0.3) is 0 Å². The van der Waals surface area contributed by atoms with E-state index in [1.807, 2.05) is 23.9 Å². The van der Waals surface area contributed by atoms with Crippen molar-refractivity contribution in [1.82, 2.24) is 9.78 Å². The van der Waals surface area contributed by atoms with Gasteiger partial charge in [0.15, 0.2) is 5.75 Å². The highest BCUT2D eigenvalue weighted by Gasteiger charge is 1.95. The third-order valence-corrected chi connectivity index (χ3v) is 1.68. The third-order valence-electron chi connectivity index (χ3n) is 1.68. The first-order valence-electron chi connectivity index (χ1n) is 4.51. The van der Waals surface area contributed by atoms with Crippen LogP contribution in [0.2, 0.25) is 0 Å². The predicted molar refractivity (Wildman–Crippen MR) is 52.8 cm³/mol. The molecule has 0 N–H and O–H groups in total. The summed E-state index contributed by atoms with van der Waals surface area (Å²) < 4.78 is 7.28. The number of aromatic nitrogens is 2. The number of ether oxygens (including phenoxy) is 1. The molecule has 0 saturated heterocycles. The zero-order chi connectivity index (χ0) is 9.68. The van der Waals surface area contributed by atoms with Crippen molar-refractivity contribution < 1.29 is 4.74 Å². The highest BCUT2D eigenvalue weighted by Crippen LogP contribution is 2.07. The van der Waals surface area contributed by atoms with E-state index in [1.165, 1.54) is 5.57 Å². The summed E-state index contributed by atoms with van der Waals surface area (Å²) in [6.45, 7) is 7.66. The van der Waals surface area contributed by atoms with E-state index in [0.717, 1.165) is 12.3 Å². The van der Waals surface area contributed by atoms with Crippen LogP contribution in [0.5, 0.6) is 5.75 Å². The van der Waals surface area contributed by atoms with Crippen molar-refractivity contribution in [1.29, 1.82) is 0 Å². The lowest BCUT2D eigenvalue weighted by atomic mass is 10.3. The molecule has 3 nitrogen and oxygen atoms in total. The average Bonchev–Trinajstić information content (AvgIpc) is 2.52. The van der Waals surface area contributed by atoms with E-state index in [9.17, 15) is 0 Å². The van der Waals surface area contributed by atoms with Crippen molar-refractivity contribution in [3.05, 3.63) is 24.0 Å². The highest BCUT2D eigenvalue weighted by molar-refractivity contribution is 5.12. The minimum atomic E-state index is 0.623. The second-order valence-corrected chi connectivity index (χ2v) is 3.12. The first-order valence-corrected chi connectivity index (χ1v) is 4.51. The molecule has 13 heavy (non-hydrogen) atoms. The standard InChI is InChI=1S/C10H16N2O/c1-4-12-8-10(7-11-12)13-6-5-9(2)3/h5,7-8H,4,6H2,1-3H3. The lowest BCUT2D eigenvalue weighted by molar-refractivity contribution is 0.361. The quantitative estimate of drug-likeness (QED) is 0.664. The van der Waals surface area contributed by atoms with Crippen molar-refractivity contribution in [2.75, 3.05) is 6.61 Å². The van der Waals surface area contributed by atoms with E-state index in [0.29, 0.717) is 6.61 Å². The Bertz CT molecular complexity index is 285. The van der Waals surface area contributed by atoms with Gasteiger partial charge in [-0.3, -0.25) is 4.68 Å². The maximum atomic E-state index is 5.44. The Kier molecular flexibility index (Phi) is 3.55. The van der Waals surface area contributed by atoms with Crippen LogP contribution in [0.3, 0.4) is 0 Å². The molecule has 0 spiro atoms. The fraction of sp³-hybridized carbons (Fsp3) is 0.500. The Labute approximate surface area is 79.0 Å². The van der Waals surface area contributed by atoms with E-state index in [-0.39, 0.29) is 0 Å². The van der Waals surface area contributed by atoms with Crippen LogP contribution in [0.1, 0.15) is 20.8 Å². The van der Waals surface area contributed by atoms with Gasteiger partial charge in [0, 0.05) is 6.54 Å². The Morgan fingerprint density at radius 2 is 2.38 bits per heavy atom. The molecule has 3 heteroatoms. The zero-order valence-electron chi connectivity index (χ0n) is 8.45. The first kappa shape index (κ1) is 9.84. The molecule has 0 aliphatic carbocycles. The monoisotopic (exact) mass is 180 g/mol. The fourth-order valence-corrected chi connectivity index (χ4v) is 0.897. The molecule has 0 radical (unpaired) electrons. The topological polar surface area (TPSA) is 27.1 Å². The first-order chi connectivity index (χ1) is 6.22. The zero-order valence-corrected chi connectivity index (χ0v) is 8.45. The molecule has 72 valence electrons. The molecule has 0 aliphatic rings. The van der Waals surface area contributed by atoms with Crippen LogP contribution in [0.15, 0.2) is 24.0 Å². The molecule has 0 unspecified atom stereocenters. The molecule has 0 aliphatic heterocycles. The van der Waals surface area contributed by atoms with Crippen molar-refractivity contribution >= 4 is 0 Å². The minimum Gasteiger partial charge on any atom is -0.486 e. The van der Waals surface area contributed by atoms with Crippen LogP contribution in [0, 0.1) is 0 Å². The molecular weight excluding hydrogens is 164 g/mol. The predicted octanol–water partition coefficient (Wildman–Crippen LogP) is 2.25. The van der Waals surface area contributed by atoms with E-state index < -0.39 is 0 Å². The minimum absolute atomic E-state index is 0.623. The van der Waals surface area contributed by atoms with Gasteiger partial charge in [-0.25, -0.2) is 0 Å². The molecule has 0 saturated carbocycles. The van der Waals surface area contributed by atoms with Crippen molar-refractivity contribution in [2.45, 2.75) is 27.3 Å². The Balaban J connectivity index is 2.41. The van der Waals surface area contributed by atoms with Gasteiger partial charge >= 0.3 is 0 Å². The lowest BCUT2D eigenvalue weighted by Gasteiger charge is -1.98. The average molecular weight is 180 g/mol. The summed E-state index contributed by atoms with van der Waals surface area (Å²) in [4.78, 5) is 0. The summed E-state index contributed by atoms with van der Waals surface area (Å²) >= 11 is 0. The molecule has 0 bridgehead atoms. The van der Waals surface area contributed by atoms with Crippen LogP contribution < -0.4 is 4.74 Å². The highest BCUT2D eigenvalue weighted by atomic mass is 16.5. The summed E-state index contributed by atoms with van der Waals surface area (Å²) in [7, 11) is 0. The Morgan fingerprint density at radius 1 is 1.62 bits per heavy atom. The van der Waals surface area contributed by atoms with Crippen LogP contribution in [0.4, 0.5) is 0 Å². The number of hydrogen-bond donors (Lipinski definition) is 0. The van der Waals surface area contributed by atoms with Gasteiger partial charge in [-0.05, 0) is 26.8 Å². The van der Waals surface area contributed by atoms with E-state index in [1.54, 1.807) is 6.20 Å². The van der Waals surface area contributed by atoms with Gasteiger partial charge in [-0.2, -0.15) is 5.10 Å². The second kappa shape index (κ2) is 4.70. The summed E-state index contributed by atoms with van der Waals surface area (Å²) in [5, 5.41) is 4.10. The van der Waals surface area contributed by atoms with Crippen LogP contribution >= 0.6 is 0 Å². The molecular formula is C10H16N2O.